The second kappa shape index (κ2) is 8.95. The van der Waals surface area contributed by atoms with E-state index in [4.69, 9.17) is 14.2 Å². The predicted octanol–water partition coefficient (Wildman–Crippen LogP) is 3.37. The van der Waals surface area contributed by atoms with E-state index in [0.29, 0.717) is 17.7 Å². The molecule has 0 bridgehead atoms. The van der Waals surface area contributed by atoms with Gasteiger partial charge in [-0.15, -0.1) is 0 Å². The number of hydrogen-bond donors (Lipinski definition) is 0. The third-order valence-corrected chi connectivity index (χ3v) is 5.45. The van der Waals surface area contributed by atoms with Crippen molar-refractivity contribution in [2.45, 2.75) is 25.0 Å². The van der Waals surface area contributed by atoms with Crippen LogP contribution < -0.4 is 4.74 Å². The summed E-state index contributed by atoms with van der Waals surface area (Å²) < 4.78 is 16.6. The van der Waals surface area contributed by atoms with Crippen LogP contribution in [-0.4, -0.2) is 36.5 Å². The molecule has 154 valence electrons. The SMILES string of the molecule is O=C(/C=C/[C@@H]1[C@H]2CC(=O)O[C@H]2C[C@H]1OC(=O)c1ccccc1)COc1ccccc1. The zero-order valence-corrected chi connectivity index (χ0v) is 16.3. The van der Waals surface area contributed by atoms with Crippen molar-refractivity contribution in [3.63, 3.8) is 0 Å². The Balaban J connectivity index is 1.42. The number of hydrogen-bond acceptors (Lipinski definition) is 6. The Morgan fingerprint density at radius 3 is 2.47 bits per heavy atom. The molecular formula is C24H22O6. The molecule has 2 fully saturated rings. The van der Waals surface area contributed by atoms with Crippen molar-refractivity contribution in [1.82, 2.24) is 0 Å². The lowest BCUT2D eigenvalue weighted by Crippen LogP contribution is -2.25. The standard InChI is InChI=1S/C24H22O6/c25-17(15-28-18-9-5-2-6-10-18)11-12-19-20-13-23(26)29-22(20)14-21(19)30-24(27)16-7-3-1-4-8-16/h1-12,19-22H,13-15H2/b12-11+/t19-,20-,21-,22+/m1/s1. The fourth-order valence-electron chi connectivity index (χ4n) is 4.01. The van der Waals surface area contributed by atoms with Crippen molar-refractivity contribution in [1.29, 1.82) is 0 Å². The molecule has 2 aromatic rings. The van der Waals surface area contributed by atoms with Crippen LogP contribution in [0.25, 0.3) is 0 Å². The second-order valence-corrected chi connectivity index (χ2v) is 7.45. The smallest absolute Gasteiger partial charge is 0.338 e. The molecule has 2 aliphatic rings. The van der Waals surface area contributed by atoms with Crippen molar-refractivity contribution in [3.8, 4) is 5.75 Å². The number of esters is 2. The molecule has 30 heavy (non-hydrogen) atoms. The number of para-hydroxylation sites is 1. The quantitative estimate of drug-likeness (QED) is 0.518. The van der Waals surface area contributed by atoms with Gasteiger partial charge in [-0.25, -0.2) is 4.79 Å². The Hall–Kier alpha value is -3.41. The molecule has 4 rings (SSSR count). The van der Waals surface area contributed by atoms with E-state index >= 15 is 0 Å². The summed E-state index contributed by atoms with van der Waals surface area (Å²) in [6.07, 6.45) is 3.11. The van der Waals surface area contributed by atoms with E-state index in [0.717, 1.165) is 0 Å². The van der Waals surface area contributed by atoms with Gasteiger partial charge in [0.1, 0.15) is 18.0 Å². The number of benzene rings is 2. The van der Waals surface area contributed by atoms with Gasteiger partial charge in [-0.3, -0.25) is 9.59 Å². The van der Waals surface area contributed by atoms with E-state index < -0.39 is 12.1 Å². The van der Waals surface area contributed by atoms with Crippen LogP contribution in [0, 0.1) is 11.8 Å². The number of carbonyl (C=O) groups excluding carboxylic acids is 3. The van der Waals surface area contributed by atoms with Crippen LogP contribution in [0.1, 0.15) is 23.2 Å². The number of ketones is 1. The van der Waals surface area contributed by atoms with E-state index in [1.165, 1.54) is 6.08 Å². The number of ether oxygens (including phenoxy) is 3. The molecule has 1 aliphatic heterocycles. The molecule has 1 heterocycles. The normalized spacial score (nSPS) is 25.0. The highest BCUT2D eigenvalue weighted by molar-refractivity contribution is 5.91. The Labute approximate surface area is 174 Å². The third kappa shape index (κ3) is 4.59. The van der Waals surface area contributed by atoms with Crippen LogP contribution in [-0.2, 0) is 19.1 Å². The van der Waals surface area contributed by atoms with E-state index in [2.05, 4.69) is 0 Å². The Morgan fingerprint density at radius 1 is 1.03 bits per heavy atom. The largest absolute Gasteiger partial charge is 0.485 e. The van der Waals surface area contributed by atoms with E-state index in [9.17, 15) is 14.4 Å². The molecule has 6 nitrogen and oxygen atoms in total. The minimum atomic E-state index is -0.458. The number of fused-ring (bicyclic) bond motifs is 1. The molecule has 0 radical (unpaired) electrons. The molecule has 6 heteroatoms. The summed E-state index contributed by atoms with van der Waals surface area (Å²) in [5, 5.41) is 0. The fourth-order valence-corrected chi connectivity index (χ4v) is 4.01. The lowest BCUT2D eigenvalue weighted by molar-refractivity contribution is -0.141. The zero-order valence-electron chi connectivity index (χ0n) is 16.3. The number of carbonyl (C=O) groups is 3. The summed E-state index contributed by atoms with van der Waals surface area (Å²) in [7, 11) is 0. The summed E-state index contributed by atoms with van der Waals surface area (Å²) in [4.78, 5) is 36.5. The van der Waals surface area contributed by atoms with E-state index in [-0.39, 0.29) is 42.7 Å². The van der Waals surface area contributed by atoms with Crippen LogP contribution >= 0.6 is 0 Å². The van der Waals surface area contributed by atoms with Crippen LogP contribution in [0.5, 0.6) is 5.75 Å². The highest BCUT2D eigenvalue weighted by atomic mass is 16.6. The summed E-state index contributed by atoms with van der Waals surface area (Å²) in [5.41, 5.74) is 0.460. The predicted molar refractivity (Wildman–Crippen MR) is 108 cm³/mol. The maximum absolute atomic E-state index is 12.5. The van der Waals surface area contributed by atoms with Crippen molar-refractivity contribution in [2.24, 2.45) is 11.8 Å². The van der Waals surface area contributed by atoms with Gasteiger partial charge in [0.25, 0.3) is 0 Å². The van der Waals surface area contributed by atoms with E-state index in [1.54, 1.807) is 42.5 Å². The molecule has 1 aliphatic carbocycles. The topological polar surface area (TPSA) is 78.9 Å². The Bertz CT molecular complexity index is 937. The number of rotatable bonds is 7. The van der Waals surface area contributed by atoms with Gasteiger partial charge in [0.05, 0.1) is 12.0 Å². The summed E-state index contributed by atoms with van der Waals surface area (Å²) in [6.45, 7) is -0.0920. The average molecular weight is 406 g/mol. The Kier molecular flexibility index (Phi) is 5.93. The molecule has 0 amide bonds. The van der Waals surface area contributed by atoms with Crippen molar-refractivity contribution in [3.05, 3.63) is 78.4 Å². The summed E-state index contributed by atoms with van der Waals surface area (Å²) in [6, 6.07) is 17.8. The maximum Gasteiger partial charge on any atom is 0.338 e. The first-order chi connectivity index (χ1) is 14.6. The highest BCUT2D eigenvalue weighted by Gasteiger charge is 2.50. The van der Waals surface area contributed by atoms with Gasteiger partial charge in [-0.1, -0.05) is 42.5 Å². The minimum Gasteiger partial charge on any atom is -0.485 e. The fraction of sp³-hybridized carbons (Fsp3) is 0.292. The van der Waals surface area contributed by atoms with Gasteiger partial charge in [0.2, 0.25) is 0 Å². The third-order valence-electron chi connectivity index (χ3n) is 5.45. The molecule has 0 spiro atoms. The molecule has 4 atom stereocenters. The van der Waals surface area contributed by atoms with Crippen LogP contribution in [0.4, 0.5) is 0 Å². The molecule has 0 aromatic heterocycles. The lowest BCUT2D eigenvalue weighted by atomic mass is 9.91. The summed E-state index contributed by atoms with van der Waals surface area (Å²) in [5.74, 6) is -0.649. The first-order valence-corrected chi connectivity index (χ1v) is 9.94. The zero-order chi connectivity index (χ0) is 20.9. The van der Waals surface area contributed by atoms with Gasteiger partial charge in [-0.2, -0.15) is 0 Å². The van der Waals surface area contributed by atoms with Crippen LogP contribution in [0.3, 0.4) is 0 Å². The van der Waals surface area contributed by atoms with Gasteiger partial charge >= 0.3 is 11.9 Å². The molecule has 0 unspecified atom stereocenters. The first-order valence-electron chi connectivity index (χ1n) is 9.94. The molecule has 1 saturated carbocycles. The monoisotopic (exact) mass is 406 g/mol. The van der Waals surface area contributed by atoms with Gasteiger partial charge < -0.3 is 14.2 Å². The van der Waals surface area contributed by atoms with Gasteiger partial charge in [-0.05, 0) is 30.3 Å². The Morgan fingerprint density at radius 2 is 1.73 bits per heavy atom. The highest BCUT2D eigenvalue weighted by Crippen LogP contribution is 2.43. The molecule has 2 aromatic carbocycles. The first kappa shape index (κ1) is 19.9. The van der Waals surface area contributed by atoms with E-state index in [1.807, 2.05) is 24.3 Å². The molecule has 0 N–H and O–H groups in total. The van der Waals surface area contributed by atoms with Crippen molar-refractivity contribution < 1.29 is 28.6 Å². The lowest BCUT2D eigenvalue weighted by Gasteiger charge is -2.20. The van der Waals surface area contributed by atoms with Gasteiger partial charge in [0.15, 0.2) is 12.4 Å². The minimum absolute atomic E-state index is 0.0920. The maximum atomic E-state index is 12.5. The summed E-state index contributed by atoms with van der Waals surface area (Å²) >= 11 is 0. The average Bonchev–Trinajstić information content (AvgIpc) is 3.27. The van der Waals surface area contributed by atoms with Crippen LogP contribution in [0.15, 0.2) is 72.8 Å². The van der Waals surface area contributed by atoms with Crippen LogP contribution in [0.2, 0.25) is 0 Å². The molecule has 1 saturated heterocycles. The second-order valence-electron chi connectivity index (χ2n) is 7.45. The van der Waals surface area contributed by atoms with Gasteiger partial charge in [0, 0.05) is 18.3 Å². The molecular weight excluding hydrogens is 384 g/mol. The van der Waals surface area contributed by atoms with Crippen molar-refractivity contribution in [2.75, 3.05) is 6.61 Å². The van der Waals surface area contributed by atoms with Crippen molar-refractivity contribution >= 4 is 17.7 Å².